The quantitative estimate of drug-likeness (QED) is 0.682. The van der Waals surface area contributed by atoms with Crippen molar-refractivity contribution in [3.8, 4) is 0 Å². The molecule has 0 aliphatic carbocycles. The van der Waals surface area contributed by atoms with Gasteiger partial charge in [0.2, 0.25) is 0 Å². The van der Waals surface area contributed by atoms with E-state index in [1.54, 1.807) is 0 Å². The minimum atomic E-state index is -4.48. The van der Waals surface area contributed by atoms with E-state index in [1.165, 1.54) is 36.4 Å². The first kappa shape index (κ1) is 15.5. The van der Waals surface area contributed by atoms with Crippen LogP contribution in [0.15, 0.2) is 48.5 Å². The van der Waals surface area contributed by atoms with Gasteiger partial charge in [0, 0.05) is 5.56 Å². The lowest BCUT2D eigenvalue weighted by Gasteiger charge is -2.14. The Balaban J connectivity index is 2.03. The Labute approximate surface area is 118 Å². The predicted octanol–water partition coefficient (Wildman–Crippen LogP) is 4.05. The van der Waals surface area contributed by atoms with Gasteiger partial charge in [-0.3, -0.25) is 0 Å². The van der Waals surface area contributed by atoms with Crippen LogP contribution < -0.4 is 0 Å². The summed E-state index contributed by atoms with van der Waals surface area (Å²) in [6.45, 7) is -0.0440. The molecule has 1 atom stereocenters. The fraction of sp³-hybridized carbons (Fsp3) is 0.200. The van der Waals surface area contributed by atoms with Crippen molar-refractivity contribution >= 4 is 0 Å². The topological polar surface area (TPSA) is 29.5 Å². The van der Waals surface area contributed by atoms with Crippen LogP contribution >= 0.6 is 0 Å². The summed E-state index contributed by atoms with van der Waals surface area (Å²) in [7, 11) is 0. The van der Waals surface area contributed by atoms with E-state index in [0.717, 1.165) is 12.1 Å². The summed E-state index contributed by atoms with van der Waals surface area (Å²) < 4.78 is 55.5. The van der Waals surface area contributed by atoms with E-state index >= 15 is 0 Å². The molecule has 2 aromatic rings. The summed E-state index contributed by atoms with van der Waals surface area (Å²) in [5.74, 6) is -0.405. The molecule has 0 amide bonds. The van der Waals surface area contributed by atoms with Crippen LogP contribution in [0.5, 0.6) is 0 Å². The molecule has 0 radical (unpaired) electrons. The number of rotatable bonds is 4. The highest BCUT2D eigenvalue weighted by molar-refractivity contribution is 5.26. The predicted molar refractivity (Wildman–Crippen MR) is 67.6 cm³/mol. The van der Waals surface area contributed by atoms with Gasteiger partial charge in [-0.25, -0.2) is 4.39 Å². The maximum Gasteiger partial charge on any atom is 0.416 e. The van der Waals surface area contributed by atoms with Gasteiger partial charge >= 0.3 is 6.18 Å². The van der Waals surface area contributed by atoms with Crippen molar-refractivity contribution in [3.05, 3.63) is 71.0 Å². The SMILES string of the molecule is OC(OCc1ccc(F)cc1)c1cccc(C(F)(F)F)c1. The molecule has 2 rings (SSSR count). The van der Waals surface area contributed by atoms with Gasteiger partial charge in [-0.05, 0) is 29.8 Å². The van der Waals surface area contributed by atoms with Gasteiger partial charge in [0.25, 0.3) is 0 Å². The molecule has 0 aliphatic heterocycles. The van der Waals surface area contributed by atoms with Crippen LogP contribution in [0.1, 0.15) is 23.0 Å². The van der Waals surface area contributed by atoms with Gasteiger partial charge < -0.3 is 9.84 Å². The second-order valence-electron chi connectivity index (χ2n) is 4.41. The molecule has 1 N–H and O–H groups in total. The molecular weight excluding hydrogens is 288 g/mol. The number of aliphatic hydroxyl groups excluding tert-OH is 1. The zero-order chi connectivity index (χ0) is 15.5. The van der Waals surface area contributed by atoms with E-state index in [1.807, 2.05) is 0 Å². The highest BCUT2D eigenvalue weighted by atomic mass is 19.4. The van der Waals surface area contributed by atoms with Gasteiger partial charge in [0.1, 0.15) is 5.82 Å². The average molecular weight is 300 g/mol. The number of benzene rings is 2. The summed E-state index contributed by atoms with van der Waals surface area (Å²) in [4.78, 5) is 0. The third kappa shape index (κ3) is 4.27. The molecule has 1 unspecified atom stereocenters. The summed E-state index contributed by atoms with van der Waals surface area (Å²) in [5.41, 5.74) is -0.251. The first-order valence-corrected chi connectivity index (χ1v) is 6.07. The summed E-state index contributed by atoms with van der Waals surface area (Å²) in [5, 5.41) is 9.76. The molecule has 0 aromatic heterocycles. The Kier molecular flexibility index (Phi) is 4.59. The molecule has 0 spiro atoms. The highest BCUT2D eigenvalue weighted by Gasteiger charge is 2.30. The number of halogens is 4. The molecule has 21 heavy (non-hydrogen) atoms. The summed E-state index contributed by atoms with van der Waals surface area (Å²) in [6.07, 6.45) is -5.97. The van der Waals surface area contributed by atoms with E-state index in [9.17, 15) is 22.7 Å². The van der Waals surface area contributed by atoms with Crippen LogP contribution in [-0.4, -0.2) is 5.11 Å². The fourth-order valence-electron chi connectivity index (χ4n) is 1.72. The third-order valence-corrected chi connectivity index (χ3v) is 2.82. The van der Waals surface area contributed by atoms with E-state index in [4.69, 9.17) is 4.74 Å². The Morgan fingerprint density at radius 3 is 2.33 bits per heavy atom. The lowest BCUT2D eigenvalue weighted by Crippen LogP contribution is -2.08. The molecule has 112 valence electrons. The van der Waals surface area contributed by atoms with Gasteiger partial charge in [0.05, 0.1) is 12.2 Å². The molecule has 0 bridgehead atoms. The van der Waals surface area contributed by atoms with Crippen LogP contribution in [0.2, 0.25) is 0 Å². The van der Waals surface area contributed by atoms with Crippen molar-refractivity contribution in [2.75, 3.05) is 0 Å². The zero-order valence-electron chi connectivity index (χ0n) is 10.8. The lowest BCUT2D eigenvalue weighted by molar-refractivity contribution is -0.138. The van der Waals surface area contributed by atoms with Crippen LogP contribution in [0.25, 0.3) is 0 Å². The van der Waals surface area contributed by atoms with Crippen LogP contribution in [0.3, 0.4) is 0 Å². The highest BCUT2D eigenvalue weighted by Crippen LogP contribution is 2.31. The van der Waals surface area contributed by atoms with Crippen molar-refractivity contribution in [1.82, 2.24) is 0 Å². The van der Waals surface area contributed by atoms with Crippen molar-refractivity contribution < 1.29 is 27.4 Å². The first-order chi connectivity index (χ1) is 9.86. The minimum absolute atomic E-state index is 0.00642. The number of hydrogen-bond donors (Lipinski definition) is 1. The number of hydrogen-bond acceptors (Lipinski definition) is 2. The second kappa shape index (κ2) is 6.24. The fourth-order valence-corrected chi connectivity index (χ4v) is 1.72. The van der Waals surface area contributed by atoms with Gasteiger partial charge in [-0.2, -0.15) is 13.2 Å². The molecule has 2 nitrogen and oxygen atoms in total. The molecule has 6 heteroatoms. The van der Waals surface area contributed by atoms with Crippen LogP contribution in [-0.2, 0) is 17.5 Å². The smallest absolute Gasteiger partial charge is 0.364 e. The van der Waals surface area contributed by atoms with Crippen LogP contribution in [0, 0.1) is 5.82 Å². The average Bonchev–Trinajstić information content (AvgIpc) is 2.45. The third-order valence-electron chi connectivity index (χ3n) is 2.82. The molecule has 0 aliphatic rings. The zero-order valence-corrected chi connectivity index (χ0v) is 10.8. The number of aliphatic hydroxyl groups is 1. The van der Waals surface area contributed by atoms with Crippen molar-refractivity contribution in [2.24, 2.45) is 0 Å². The van der Waals surface area contributed by atoms with E-state index in [0.29, 0.717) is 5.56 Å². The molecule has 0 saturated heterocycles. The standard InChI is InChI=1S/C15H12F4O2/c16-13-6-4-10(5-7-13)9-21-14(20)11-2-1-3-12(8-11)15(17,18)19/h1-8,14,20H,9H2. The molecule has 0 heterocycles. The molecular formula is C15H12F4O2. The molecule has 0 fully saturated rings. The Hall–Kier alpha value is -1.92. The number of alkyl halides is 3. The molecule has 2 aromatic carbocycles. The van der Waals surface area contributed by atoms with Crippen LogP contribution in [0.4, 0.5) is 17.6 Å². The Bertz CT molecular complexity index is 593. The molecule has 0 saturated carbocycles. The second-order valence-corrected chi connectivity index (χ2v) is 4.41. The number of ether oxygens (including phenoxy) is 1. The van der Waals surface area contributed by atoms with Crippen molar-refractivity contribution in [3.63, 3.8) is 0 Å². The Morgan fingerprint density at radius 2 is 1.71 bits per heavy atom. The van der Waals surface area contributed by atoms with Gasteiger partial charge in [0.15, 0.2) is 6.29 Å². The first-order valence-electron chi connectivity index (χ1n) is 6.07. The maximum absolute atomic E-state index is 12.7. The summed E-state index contributed by atoms with van der Waals surface area (Å²) >= 11 is 0. The summed E-state index contributed by atoms with van der Waals surface area (Å²) in [6, 6.07) is 9.67. The van der Waals surface area contributed by atoms with Crippen molar-refractivity contribution in [1.29, 1.82) is 0 Å². The van der Waals surface area contributed by atoms with Gasteiger partial charge in [-0.15, -0.1) is 0 Å². The van der Waals surface area contributed by atoms with Gasteiger partial charge in [-0.1, -0.05) is 24.3 Å². The van der Waals surface area contributed by atoms with E-state index < -0.39 is 23.8 Å². The monoisotopic (exact) mass is 300 g/mol. The maximum atomic E-state index is 12.7. The van der Waals surface area contributed by atoms with E-state index in [2.05, 4.69) is 0 Å². The van der Waals surface area contributed by atoms with E-state index in [-0.39, 0.29) is 12.2 Å². The lowest BCUT2D eigenvalue weighted by atomic mass is 10.1. The Morgan fingerprint density at radius 1 is 1.05 bits per heavy atom. The largest absolute Gasteiger partial charge is 0.416 e. The minimum Gasteiger partial charge on any atom is -0.364 e. The normalized spacial score (nSPS) is 13.2. The van der Waals surface area contributed by atoms with Crippen molar-refractivity contribution in [2.45, 2.75) is 19.1 Å².